The molecule has 1 saturated heterocycles. The highest BCUT2D eigenvalue weighted by Gasteiger charge is 2.26. The number of nitrogens with one attached hydrogen (secondary N) is 2. The molecule has 2 amide bonds. The number of nitrogens with zero attached hydrogens (tertiary/aromatic N) is 2. The first kappa shape index (κ1) is 19.0. The van der Waals surface area contributed by atoms with Crippen molar-refractivity contribution in [1.29, 1.82) is 0 Å². The van der Waals surface area contributed by atoms with Crippen molar-refractivity contribution in [3.05, 3.63) is 24.0 Å². The largest absolute Gasteiger partial charge is 0.353 e. The highest BCUT2D eigenvalue weighted by molar-refractivity contribution is 6.35. The smallest absolute Gasteiger partial charge is 0.309 e. The Labute approximate surface area is 156 Å². The van der Waals surface area contributed by atoms with Crippen LogP contribution in [0.25, 0.3) is 0 Å². The highest BCUT2D eigenvalue weighted by atomic mass is 16.2. The standard InChI is InChI=1S/C20H32N4O2/c1-23-12-8-11-17(23)18(24-13-6-2-3-7-14-24)15-21-19(25)20(26)22-16-9-4-5-10-16/h8,11-12,16,18H,2-7,9-10,13-15H2,1H3,(H,21,25)(H,22,26). The van der Waals surface area contributed by atoms with Crippen LogP contribution in [-0.4, -0.2) is 47.0 Å². The molecule has 0 radical (unpaired) electrons. The van der Waals surface area contributed by atoms with Gasteiger partial charge in [-0.2, -0.15) is 0 Å². The number of hydrogen-bond donors (Lipinski definition) is 2. The molecule has 0 spiro atoms. The van der Waals surface area contributed by atoms with Crippen molar-refractivity contribution in [2.75, 3.05) is 19.6 Å². The lowest BCUT2D eigenvalue weighted by Crippen LogP contribution is -2.46. The summed E-state index contributed by atoms with van der Waals surface area (Å²) in [6.45, 7) is 2.55. The van der Waals surface area contributed by atoms with Gasteiger partial charge < -0.3 is 15.2 Å². The van der Waals surface area contributed by atoms with Gasteiger partial charge in [-0.1, -0.05) is 25.7 Å². The first-order chi connectivity index (χ1) is 12.6. The first-order valence-corrected chi connectivity index (χ1v) is 10.1. The van der Waals surface area contributed by atoms with E-state index in [-0.39, 0.29) is 12.1 Å². The van der Waals surface area contributed by atoms with Gasteiger partial charge in [-0.25, -0.2) is 0 Å². The van der Waals surface area contributed by atoms with Gasteiger partial charge in [0.25, 0.3) is 0 Å². The van der Waals surface area contributed by atoms with E-state index in [0.29, 0.717) is 6.54 Å². The molecule has 1 aromatic rings. The van der Waals surface area contributed by atoms with Crippen LogP contribution in [0.4, 0.5) is 0 Å². The molecule has 6 heteroatoms. The molecule has 144 valence electrons. The Morgan fingerprint density at radius 1 is 1.08 bits per heavy atom. The van der Waals surface area contributed by atoms with Crippen LogP contribution in [0.3, 0.4) is 0 Å². The summed E-state index contributed by atoms with van der Waals surface area (Å²) in [7, 11) is 2.04. The molecule has 0 aromatic carbocycles. The Bertz CT molecular complexity index is 599. The fourth-order valence-corrected chi connectivity index (χ4v) is 4.24. The number of aromatic nitrogens is 1. The average Bonchev–Trinajstić information content (AvgIpc) is 3.21. The van der Waals surface area contributed by atoms with Gasteiger partial charge in [-0.05, 0) is 50.9 Å². The van der Waals surface area contributed by atoms with Crippen LogP contribution in [0.5, 0.6) is 0 Å². The van der Waals surface area contributed by atoms with Gasteiger partial charge in [0.05, 0.1) is 6.04 Å². The van der Waals surface area contributed by atoms with Crippen LogP contribution < -0.4 is 10.6 Å². The van der Waals surface area contributed by atoms with E-state index in [1.165, 1.54) is 31.4 Å². The number of carbonyl (C=O) groups is 2. The zero-order chi connectivity index (χ0) is 18.4. The molecule has 2 fully saturated rings. The summed E-state index contributed by atoms with van der Waals surface area (Å²) < 4.78 is 2.11. The predicted octanol–water partition coefficient (Wildman–Crippen LogP) is 2.12. The Morgan fingerprint density at radius 2 is 1.77 bits per heavy atom. The fraction of sp³-hybridized carbons (Fsp3) is 0.700. The number of carbonyl (C=O) groups excluding carboxylic acids is 2. The maximum atomic E-state index is 12.3. The van der Waals surface area contributed by atoms with Gasteiger partial charge in [-0.3, -0.25) is 14.5 Å². The minimum Gasteiger partial charge on any atom is -0.353 e. The van der Waals surface area contributed by atoms with E-state index in [0.717, 1.165) is 38.8 Å². The third-order valence-electron chi connectivity index (χ3n) is 5.76. The van der Waals surface area contributed by atoms with Crippen LogP contribution in [0.1, 0.15) is 63.1 Å². The summed E-state index contributed by atoms with van der Waals surface area (Å²) in [6.07, 6.45) is 11.2. The van der Waals surface area contributed by atoms with Gasteiger partial charge >= 0.3 is 11.8 Å². The highest BCUT2D eigenvalue weighted by Crippen LogP contribution is 2.24. The molecule has 1 aliphatic heterocycles. The summed E-state index contributed by atoms with van der Waals surface area (Å²) in [6, 6.07) is 4.42. The SMILES string of the molecule is Cn1cccc1C(CNC(=O)C(=O)NC1CCCC1)N1CCCCCC1. The second-order valence-corrected chi connectivity index (χ2v) is 7.67. The Hall–Kier alpha value is -1.82. The van der Waals surface area contributed by atoms with Gasteiger partial charge in [0, 0.05) is 31.5 Å². The Balaban J connectivity index is 1.60. The monoisotopic (exact) mass is 360 g/mol. The van der Waals surface area contributed by atoms with E-state index in [2.05, 4.69) is 26.2 Å². The van der Waals surface area contributed by atoms with E-state index in [4.69, 9.17) is 0 Å². The van der Waals surface area contributed by atoms with E-state index in [1.54, 1.807) is 0 Å². The normalized spacial score (nSPS) is 20.5. The van der Waals surface area contributed by atoms with Crippen molar-refractivity contribution in [2.24, 2.45) is 7.05 Å². The lowest BCUT2D eigenvalue weighted by molar-refractivity contribution is -0.139. The van der Waals surface area contributed by atoms with Crippen LogP contribution in [-0.2, 0) is 16.6 Å². The maximum Gasteiger partial charge on any atom is 0.309 e. The van der Waals surface area contributed by atoms with Gasteiger partial charge in [0.1, 0.15) is 0 Å². The van der Waals surface area contributed by atoms with Gasteiger partial charge in [0.2, 0.25) is 0 Å². The second kappa shape index (κ2) is 9.21. The Kier molecular flexibility index (Phi) is 6.72. The molecule has 0 bridgehead atoms. The minimum atomic E-state index is -0.508. The number of amides is 2. The van der Waals surface area contributed by atoms with Gasteiger partial charge in [0.15, 0.2) is 0 Å². The zero-order valence-electron chi connectivity index (χ0n) is 15.9. The van der Waals surface area contributed by atoms with E-state index in [1.807, 2.05) is 19.3 Å². The summed E-state index contributed by atoms with van der Waals surface area (Å²) in [4.78, 5) is 26.9. The lowest BCUT2D eigenvalue weighted by Gasteiger charge is -2.31. The molecular formula is C20H32N4O2. The zero-order valence-corrected chi connectivity index (χ0v) is 15.9. The molecular weight excluding hydrogens is 328 g/mol. The third-order valence-corrected chi connectivity index (χ3v) is 5.76. The minimum absolute atomic E-state index is 0.108. The van der Waals surface area contributed by atoms with Crippen LogP contribution in [0.2, 0.25) is 0 Å². The molecule has 1 aliphatic carbocycles. The van der Waals surface area contributed by atoms with Crippen molar-refractivity contribution in [1.82, 2.24) is 20.1 Å². The number of rotatable bonds is 5. The topological polar surface area (TPSA) is 66.4 Å². The summed E-state index contributed by atoms with van der Waals surface area (Å²) >= 11 is 0. The number of aryl methyl sites for hydroxylation is 1. The summed E-state index contributed by atoms with van der Waals surface area (Å²) in [5.41, 5.74) is 1.18. The predicted molar refractivity (Wildman–Crippen MR) is 102 cm³/mol. The molecule has 3 rings (SSSR count). The molecule has 2 heterocycles. The first-order valence-electron chi connectivity index (χ1n) is 10.1. The molecule has 26 heavy (non-hydrogen) atoms. The average molecular weight is 361 g/mol. The Morgan fingerprint density at radius 3 is 2.38 bits per heavy atom. The van der Waals surface area contributed by atoms with Crippen molar-refractivity contribution in [3.63, 3.8) is 0 Å². The van der Waals surface area contributed by atoms with Crippen molar-refractivity contribution < 1.29 is 9.59 Å². The van der Waals surface area contributed by atoms with Crippen molar-refractivity contribution in [3.8, 4) is 0 Å². The van der Waals surface area contributed by atoms with E-state index < -0.39 is 11.8 Å². The fourth-order valence-electron chi connectivity index (χ4n) is 4.24. The number of hydrogen-bond acceptors (Lipinski definition) is 3. The van der Waals surface area contributed by atoms with E-state index in [9.17, 15) is 9.59 Å². The quantitative estimate of drug-likeness (QED) is 0.791. The van der Waals surface area contributed by atoms with E-state index >= 15 is 0 Å². The summed E-state index contributed by atoms with van der Waals surface area (Å²) in [5, 5.41) is 5.75. The number of likely N-dealkylation sites (tertiary alicyclic amines) is 1. The molecule has 1 atom stereocenters. The molecule has 1 aromatic heterocycles. The molecule has 6 nitrogen and oxygen atoms in total. The van der Waals surface area contributed by atoms with Crippen LogP contribution in [0, 0.1) is 0 Å². The molecule has 2 aliphatic rings. The van der Waals surface area contributed by atoms with Crippen molar-refractivity contribution in [2.45, 2.75) is 63.5 Å². The van der Waals surface area contributed by atoms with Crippen LogP contribution >= 0.6 is 0 Å². The third kappa shape index (κ3) is 4.87. The molecule has 1 unspecified atom stereocenters. The molecule has 1 saturated carbocycles. The molecule has 2 N–H and O–H groups in total. The van der Waals surface area contributed by atoms with Crippen LogP contribution in [0.15, 0.2) is 18.3 Å². The second-order valence-electron chi connectivity index (χ2n) is 7.67. The van der Waals surface area contributed by atoms with Crippen molar-refractivity contribution >= 4 is 11.8 Å². The maximum absolute atomic E-state index is 12.3. The lowest BCUT2D eigenvalue weighted by atomic mass is 10.1. The van der Waals surface area contributed by atoms with Gasteiger partial charge in [-0.15, -0.1) is 0 Å². The summed E-state index contributed by atoms with van der Waals surface area (Å²) in [5.74, 6) is -0.996.